The van der Waals surface area contributed by atoms with Crippen molar-refractivity contribution in [2.24, 2.45) is 0 Å². The molecule has 0 aliphatic rings. The summed E-state index contributed by atoms with van der Waals surface area (Å²) in [6, 6.07) is 6.30. The zero-order chi connectivity index (χ0) is 12.8. The third kappa shape index (κ3) is 3.53. The molecule has 0 saturated carbocycles. The van der Waals surface area contributed by atoms with Crippen molar-refractivity contribution in [3.8, 4) is 0 Å². The summed E-state index contributed by atoms with van der Waals surface area (Å²) in [6.07, 6.45) is 0.422. The van der Waals surface area contributed by atoms with Crippen LogP contribution in [0.4, 0.5) is 4.39 Å². The fraction of sp³-hybridized carbons (Fsp3) is 0.462. The lowest BCUT2D eigenvalue weighted by Gasteiger charge is -2.25. The number of halogens is 1. The second-order valence-corrected chi connectivity index (χ2v) is 4.06. The van der Waals surface area contributed by atoms with Gasteiger partial charge in [-0.05, 0) is 20.0 Å². The van der Waals surface area contributed by atoms with Gasteiger partial charge in [-0.1, -0.05) is 18.2 Å². The van der Waals surface area contributed by atoms with Gasteiger partial charge < -0.3 is 10.2 Å². The first-order valence-corrected chi connectivity index (χ1v) is 5.72. The molecule has 17 heavy (non-hydrogen) atoms. The lowest BCUT2D eigenvalue weighted by Crippen LogP contribution is -2.31. The minimum absolute atomic E-state index is 0.00935. The normalized spacial score (nSPS) is 12.2. The van der Waals surface area contributed by atoms with Gasteiger partial charge >= 0.3 is 0 Å². The lowest BCUT2D eigenvalue weighted by molar-refractivity contribution is -0.131. The minimum Gasteiger partial charge on any atom is -0.339 e. The topological polar surface area (TPSA) is 32.3 Å². The van der Waals surface area contributed by atoms with Crippen LogP contribution in [-0.2, 0) is 4.79 Å². The molecule has 0 radical (unpaired) electrons. The number of carbonyl (C=O) groups is 1. The Kier molecular flexibility index (Phi) is 5.10. The van der Waals surface area contributed by atoms with Crippen LogP contribution in [-0.4, -0.2) is 31.4 Å². The van der Waals surface area contributed by atoms with Gasteiger partial charge in [-0.2, -0.15) is 0 Å². The second-order valence-electron chi connectivity index (χ2n) is 4.06. The summed E-state index contributed by atoms with van der Waals surface area (Å²) < 4.78 is 13.6. The largest absolute Gasteiger partial charge is 0.339 e. The number of hydrogen-bond donors (Lipinski definition) is 1. The monoisotopic (exact) mass is 238 g/mol. The molecule has 1 aromatic carbocycles. The summed E-state index contributed by atoms with van der Waals surface area (Å²) in [5, 5.41) is 2.92. The SMILES string of the molecule is CNCCC(=O)N(C)C(C)c1ccccc1F. The number of hydrogen-bond acceptors (Lipinski definition) is 2. The van der Waals surface area contributed by atoms with E-state index in [0.29, 0.717) is 18.5 Å². The van der Waals surface area contributed by atoms with E-state index in [1.165, 1.54) is 6.07 Å². The molecule has 1 N–H and O–H groups in total. The van der Waals surface area contributed by atoms with Crippen LogP contribution >= 0.6 is 0 Å². The molecule has 1 amide bonds. The Balaban J connectivity index is 2.72. The van der Waals surface area contributed by atoms with E-state index in [1.54, 1.807) is 37.2 Å². The number of carbonyl (C=O) groups excluding carboxylic acids is 1. The van der Waals surface area contributed by atoms with Gasteiger partial charge in [0.15, 0.2) is 0 Å². The predicted molar refractivity (Wildman–Crippen MR) is 66.1 cm³/mol. The molecule has 4 heteroatoms. The molecule has 3 nitrogen and oxygen atoms in total. The van der Waals surface area contributed by atoms with Crippen LogP contribution in [0.25, 0.3) is 0 Å². The fourth-order valence-electron chi connectivity index (χ4n) is 1.65. The smallest absolute Gasteiger partial charge is 0.224 e. The van der Waals surface area contributed by atoms with E-state index in [9.17, 15) is 9.18 Å². The third-order valence-corrected chi connectivity index (χ3v) is 2.92. The Morgan fingerprint density at radius 2 is 2.12 bits per heavy atom. The molecule has 0 spiro atoms. The molecule has 0 aliphatic heterocycles. The maximum Gasteiger partial charge on any atom is 0.224 e. The summed E-state index contributed by atoms with van der Waals surface area (Å²) in [5.74, 6) is -0.261. The first-order chi connectivity index (χ1) is 8.07. The van der Waals surface area contributed by atoms with Gasteiger partial charge in [-0.3, -0.25) is 4.79 Å². The van der Waals surface area contributed by atoms with Crippen LogP contribution in [0.3, 0.4) is 0 Å². The second kappa shape index (κ2) is 6.35. The zero-order valence-electron chi connectivity index (χ0n) is 10.5. The van der Waals surface area contributed by atoms with Crippen LogP contribution in [0.15, 0.2) is 24.3 Å². The van der Waals surface area contributed by atoms with E-state index in [1.807, 2.05) is 6.92 Å². The van der Waals surface area contributed by atoms with Crippen molar-refractivity contribution in [2.45, 2.75) is 19.4 Å². The van der Waals surface area contributed by atoms with Crippen molar-refractivity contribution in [1.82, 2.24) is 10.2 Å². The van der Waals surface area contributed by atoms with Gasteiger partial charge in [0.25, 0.3) is 0 Å². The molecule has 0 saturated heterocycles. The van der Waals surface area contributed by atoms with Crippen molar-refractivity contribution in [3.05, 3.63) is 35.6 Å². The molecule has 0 fully saturated rings. The molecular weight excluding hydrogens is 219 g/mol. The standard InChI is InChI=1S/C13H19FN2O/c1-10(11-6-4-5-7-12(11)14)16(3)13(17)8-9-15-2/h4-7,10,15H,8-9H2,1-3H3. The summed E-state index contributed by atoms with van der Waals surface area (Å²) in [4.78, 5) is 13.4. The van der Waals surface area contributed by atoms with Crippen molar-refractivity contribution >= 4 is 5.91 Å². The number of nitrogens with one attached hydrogen (secondary N) is 1. The van der Waals surface area contributed by atoms with Gasteiger partial charge in [0.1, 0.15) is 5.82 Å². The highest BCUT2D eigenvalue weighted by Crippen LogP contribution is 2.21. The van der Waals surface area contributed by atoms with Crippen LogP contribution in [0.2, 0.25) is 0 Å². The van der Waals surface area contributed by atoms with E-state index >= 15 is 0 Å². The Bertz CT molecular complexity index is 381. The summed E-state index contributed by atoms with van der Waals surface area (Å²) >= 11 is 0. The minimum atomic E-state index is -0.270. The first-order valence-electron chi connectivity index (χ1n) is 5.72. The molecule has 0 heterocycles. The van der Waals surface area contributed by atoms with E-state index in [4.69, 9.17) is 0 Å². The van der Waals surface area contributed by atoms with Crippen LogP contribution in [0.5, 0.6) is 0 Å². The number of rotatable bonds is 5. The molecular formula is C13H19FN2O. The van der Waals surface area contributed by atoms with Gasteiger partial charge in [0.05, 0.1) is 6.04 Å². The maximum atomic E-state index is 13.6. The van der Waals surface area contributed by atoms with E-state index in [0.717, 1.165) is 0 Å². The predicted octanol–water partition coefficient (Wildman–Crippen LogP) is 1.95. The molecule has 1 atom stereocenters. The molecule has 0 aromatic heterocycles. The van der Waals surface area contributed by atoms with E-state index in [-0.39, 0.29) is 17.8 Å². The average molecular weight is 238 g/mol. The molecule has 1 aromatic rings. The summed E-state index contributed by atoms with van der Waals surface area (Å²) in [7, 11) is 3.50. The van der Waals surface area contributed by atoms with Crippen LogP contribution in [0.1, 0.15) is 24.9 Å². The molecule has 0 aliphatic carbocycles. The van der Waals surface area contributed by atoms with Gasteiger partial charge in [-0.15, -0.1) is 0 Å². The highest BCUT2D eigenvalue weighted by atomic mass is 19.1. The van der Waals surface area contributed by atoms with Crippen molar-refractivity contribution < 1.29 is 9.18 Å². The van der Waals surface area contributed by atoms with Crippen molar-refractivity contribution in [3.63, 3.8) is 0 Å². The first kappa shape index (κ1) is 13.6. The lowest BCUT2D eigenvalue weighted by atomic mass is 10.1. The van der Waals surface area contributed by atoms with Gasteiger partial charge in [0.2, 0.25) is 5.91 Å². The number of amides is 1. The molecule has 94 valence electrons. The van der Waals surface area contributed by atoms with E-state index < -0.39 is 0 Å². The van der Waals surface area contributed by atoms with Crippen molar-refractivity contribution in [1.29, 1.82) is 0 Å². The third-order valence-electron chi connectivity index (χ3n) is 2.92. The molecule has 0 bridgehead atoms. The number of nitrogens with zero attached hydrogens (tertiary/aromatic N) is 1. The Morgan fingerprint density at radius 3 is 2.71 bits per heavy atom. The average Bonchev–Trinajstić information content (AvgIpc) is 2.34. The highest BCUT2D eigenvalue weighted by molar-refractivity contribution is 5.76. The maximum absolute atomic E-state index is 13.6. The molecule has 1 rings (SSSR count). The summed E-state index contributed by atoms with van der Waals surface area (Å²) in [6.45, 7) is 2.46. The zero-order valence-corrected chi connectivity index (χ0v) is 10.5. The van der Waals surface area contributed by atoms with Crippen molar-refractivity contribution in [2.75, 3.05) is 20.6 Å². The summed E-state index contributed by atoms with van der Waals surface area (Å²) in [5.41, 5.74) is 0.549. The van der Waals surface area contributed by atoms with Crippen LogP contribution in [0, 0.1) is 5.82 Å². The number of benzene rings is 1. The van der Waals surface area contributed by atoms with Gasteiger partial charge in [0, 0.05) is 25.6 Å². The van der Waals surface area contributed by atoms with Crippen LogP contribution < -0.4 is 5.32 Å². The van der Waals surface area contributed by atoms with Gasteiger partial charge in [-0.25, -0.2) is 4.39 Å². The fourth-order valence-corrected chi connectivity index (χ4v) is 1.65. The highest BCUT2D eigenvalue weighted by Gasteiger charge is 2.19. The van der Waals surface area contributed by atoms with E-state index in [2.05, 4.69) is 5.32 Å². The molecule has 1 unspecified atom stereocenters. The Hall–Kier alpha value is -1.42. The Labute approximate surface area is 102 Å². The Morgan fingerprint density at radius 1 is 1.47 bits per heavy atom. The quantitative estimate of drug-likeness (QED) is 0.850.